The van der Waals surface area contributed by atoms with Gasteiger partial charge in [0.15, 0.2) is 0 Å². The average molecular weight is 277 g/mol. The van der Waals surface area contributed by atoms with Crippen molar-refractivity contribution in [1.82, 2.24) is 10.3 Å². The van der Waals surface area contributed by atoms with Gasteiger partial charge < -0.3 is 15.0 Å². The fraction of sp³-hybridized carbons (Fsp3) is 0.688. The van der Waals surface area contributed by atoms with E-state index in [0.717, 1.165) is 31.2 Å². The second-order valence-electron chi connectivity index (χ2n) is 5.65. The maximum atomic E-state index is 5.17. The summed E-state index contributed by atoms with van der Waals surface area (Å²) in [5.74, 6) is 2.60. The molecule has 4 nitrogen and oxygen atoms in total. The second kappa shape index (κ2) is 7.48. The van der Waals surface area contributed by atoms with Gasteiger partial charge in [-0.3, -0.25) is 0 Å². The van der Waals surface area contributed by atoms with Crippen molar-refractivity contribution in [2.45, 2.75) is 39.2 Å². The lowest BCUT2D eigenvalue weighted by Crippen LogP contribution is -2.45. The molecule has 1 fully saturated rings. The average Bonchev–Trinajstić information content (AvgIpc) is 2.52. The molecule has 2 rings (SSSR count). The topological polar surface area (TPSA) is 37.4 Å². The van der Waals surface area contributed by atoms with Gasteiger partial charge in [-0.2, -0.15) is 0 Å². The largest absolute Gasteiger partial charge is 0.495 e. The third kappa shape index (κ3) is 3.85. The zero-order valence-corrected chi connectivity index (χ0v) is 12.9. The Morgan fingerprint density at radius 3 is 3.00 bits per heavy atom. The van der Waals surface area contributed by atoms with E-state index in [2.05, 4.69) is 35.1 Å². The van der Waals surface area contributed by atoms with Crippen LogP contribution in [0.2, 0.25) is 0 Å². The van der Waals surface area contributed by atoms with Crippen LogP contribution < -0.4 is 15.0 Å². The van der Waals surface area contributed by atoms with Gasteiger partial charge in [0.25, 0.3) is 0 Å². The highest BCUT2D eigenvalue weighted by Crippen LogP contribution is 2.24. The number of anilines is 1. The number of aromatic nitrogens is 1. The summed E-state index contributed by atoms with van der Waals surface area (Å²) in [5.41, 5.74) is 0. The molecule has 112 valence electrons. The Bertz CT molecular complexity index is 393. The van der Waals surface area contributed by atoms with Crippen LogP contribution in [-0.2, 0) is 0 Å². The number of methoxy groups -OCH3 is 1. The molecule has 0 amide bonds. The van der Waals surface area contributed by atoms with Gasteiger partial charge in [0.1, 0.15) is 11.6 Å². The van der Waals surface area contributed by atoms with E-state index in [-0.39, 0.29) is 0 Å². The zero-order valence-electron chi connectivity index (χ0n) is 12.9. The molecule has 20 heavy (non-hydrogen) atoms. The normalized spacial score (nSPS) is 20.8. The highest BCUT2D eigenvalue weighted by molar-refractivity contribution is 5.41. The predicted octanol–water partition coefficient (Wildman–Crippen LogP) is 2.69. The van der Waals surface area contributed by atoms with Crippen LogP contribution in [0.3, 0.4) is 0 Å². The van der Waals surface area contributed by atoms with Gasteiger partial charge >= 0.3 is 0 Å². The van der Waals surface area contributed by atoms with Crippen molar-refractivity contribution in [2.75, 3.05) is 31.6 Å². The van der Waals surface area contributed by atoms with Gasteiger partial charge in [-0.1, -0.05) is 6.92 Å². The number of hydrogen-bond donors (Lipinski definition) is 1. The maximum Gasteiger partial charge on any atom is 0.137 e. The van der Waals surface area contributed by atoms with E-state index in [0.29, 0.717) is 12.0 Å². The molecule has 2 atom stereocenters. The van der Waals surface area contributed by atoms with E-state index < -0.39 is 0 Å². The smallest absolute Gasteiger partial charge is 0.137 e. The Balaban J connectivity index is 1.95. The summed E-state index contributed by atoms with van der Waals surface area (Å²) in [6, 6.07) is 4.63. The van der Waals surface area contributed by atoms with Gasteiger partial charge in [0.2, 0.25) is 0 Å². The summed E-state index contributed by atoms with van der Waals surface area (Å²) in [5, 5.41) is 3.63. The first-order valence-electron chi connectivity index (χ1n) is 7.73. The predicted molar refractivity (Wildman–Crippen MR) is 83.5 cm³/mol. The highest BCUT2D eigenvalue weighted by Gasteiger charge is 2.24. The molecule has 1 saturated heterocycles. The highest BCUT2D eigenvalue weighted by atomic mass is 16.5. The van der Waals surface area contributed by atoms with E-state index in [4.69, 9.17) is 4.74 Å². The minimum Gasteiger partial charge on any atom is -0.495 e. The van der Waals surface area contributed by atoms with Crippen molar-refractivity contribution in [1.29, 1.82) is 0 Å². The van der Waals surface area contributed by atoms with Crippen molar-refractivity contribution in [3.05, 3.63) is 18.3 Å². The van der Waals surface area contributed by atoms with Crippen LogP contribution in [0.4, 0.5) is 5.82 Å². The minimum absolute atomic E-state index is 0.580. The third-order valence-electron chi connectivity index (χ3n) is 4.16. The first-order chi connectivity index (χ1) is 9.74. The first kappa shape index (κ1) is 15.1. The van der Waals surface area contributed by atoms with Crippen LogP contribution in [0, 0.1) is 5.92 Å². The summed E-state index contributed by atoms with van der Waals surface area (Å²) in [6.07, 6.45) is 5.56. The van der Waals surface area contributed by atoms with E-state index in [9.17, 15) is 0 Å². The molecule has 0 spiro atoms. The van der Waals surface area contributed by atoms with Crippen LogP contribution in [-0.4, -0.2) is 37.8 Å². The maximum absolute atomic E-state index is 5.17. The number of hydrogen-bond acceptors (Lipinski definition) is 4. The minimum atomic E-state index is 0.580. The molecule has 1 aliphatic heterocycles. The van der Waals surface area contributed by atoms with Crippen LogP contribution in [0.1, 0.15) is 33.1 Å². The van der Waals surface area contributed by atoms with E-state index in [1.807, 2.05) is 6.07 Å². The molecule has 0 aromatic carbocycles. The SMILES string of the molecule is CCCNC(C)C1CCCN(c2ccc(OC)cn2)C1. The van der Waals surface area contributed by atoms with Crippen molar-refractivity contribution < 1.29 is 4.74 Å². The number of nitrogens with zero attached hydrogens (tertiary/aromatic N) is 2. The molecule has 2 unspecified atom stereocenters. The lowest BCUT2D eigenvalue weighted by Gasteiger charge is -2.36. The molecule has 1 aromatic rings. The molecule has 4 heteroatoms. The van der Waals surface area contributed by atoms with E-state index in [1.54, 1.807) is 13.3 Å². The fourth-order valence-electron chi connectivity index (χ4n) is 2.85. The molecule has 2 heterocycles. The van der Waals surface area contributed by atoms with Gasteiger partial charge in [0.05, 0.1) is 13.3 Å². The monoisotopic (exact) mass is 277 g/mol. The molecule has 1 aromatic heterocycles. The number of rotatable bonds is 6. The van der Waals surface area contributed by atoms with Gasteiger partial charge in [0, 0.05) is 19.1 Å². The third-order valence-corrected chi connectivity index (χ3v) is 4.16. The van der Waals surface area contributed by atoms with Crippen molar-refractivity contribution in [2.24, 2.45) is 5.92 Å². The Morgan fingerprint density at radius 2 is 2.35 bits per heavy atom. The molecule has 1 N–H and O–H groups in total. The molecule has 0 radical (unpaired) electrons. The molecular weight excluding hydrogens is 250 g/mol. The number of ether oxygens (including phenoxy) is 1. The van der Waals surface area contributed by atoms with E-state index in [1.165, 1.54) is 19.3 Å². The molecule has 0 bridgehead atoms. The quantitative estimate of drug-likeness (QED) is 0.867. The summed E-state index contributed by atoms with van der Waals surface area (Å²) < 4.78 is 5.17. The van der Waals surface area contributed by atoms with Crippen molar-refractivity contribution in [3.8, 4) is 5.75 Å². The summed E-state index contributed by atoms with van der Waals surface area (Å²) in [7, 11) is 1.68. The van der Waals surface area contributed by atoms with Crippen LogP contribution in [0.25, 0.3) is 0 Å². The molecule has 0 saturated carbocycles. The molecule has 1 aliphatic rings. The van der Waals surface area contributed by atoms with Crippen LogP contribution in [0.5, 0.6) is 5.75 Å². The standard InChI is InChI=1S/C16H27N3O/c1-4-9-17-13(2)14-6-5-10-19(12-14)16-8-7-15(20-3)11-18-16/h7-8,11,13-14,17H,4-6,9-10,12H2,1-3H3. The number of nitrogens with one attached hydrogen (secondary N) is 1. The fourth-order valence-corrected chi connectivity index (χ4v) is 2.85. The molecule has 0 aliphatic carbocycles. The zero-order chi connectivity index (χ0) is 14.4. The summed E-state index contributed by atoms with van der Waals surface area (Å²) >= 11 is 0. The number of piperidine rings is 1. The van der Waals surface area contributed by atoms with E-state index >= 15 is 0 Å². The Hall–Kier alpha value is -1.29. The Morgan fingerprint density at radius 1 is 1.50 bits per heavy atom. The first-order valence-corrected chi connectivity index (χ1v) is 7.73. The summed E-state index contributed by atoms with van der Waals surface area (Å²) in [4.78, 5) is 6.91. The van der Waals surface area contributed by atoms with Crippen molar-refractivity contribution in [3.63, 3.8) is 0 Å². The number of pyridine rings is 1. The molecular formula is C16H27N3O. The lowest BCUT2D eigenvalue weighted by atomic mass is 9.91. The van der Waals surface area contributed by atoms with Crippen LogP contribution >= 0.6 is 0 Å². The second-order valence-corrected chi connectivity index (χ2v) is 5.65. The van der Waals surface area contributed by atoms with Crippen molar-refractivity contribution >= 4 is 5.82 Å². The Kier molecular flexibility index (Phi) is 5.65. The van der Waals surface area contributed by atoms with Gasteiger partial charge in [-0.05, 0) is 50.8 Å². The lowest BCUT2D eigenvalue weighted by molar-refractivity contribution is 0.320. The summed E-state index contributed by atoms with van der Waals surface area (Å²) in [6.45, 7) is 7.84. The Labute approximate surface area is 122 Å². The van der Waals surface area contributed by atoms with Gasteiger partial charge in [-0.25, -0.2) is 4.98 Å². The van der Waals surface area contributed by atoms with Gasteiger partial charge in [-0.15, -0.1) is 0 Å². The van der Waals surface area contributed by atoms with Crippen LogP contribution in [0.15, 0.2) is 18.3 Å².